The second kappa shape index (κ2) is 4.53. The number of halogens is 1. The first-order valence-corrected chi connectivity index (χ1v) is 6.90. The Morgan fingerprint density at radius 3 is 2.84 bits per heavy atom. The van der Waals surface area contributed by atoms with Gasteiger partial charge in [-0.1, -0.05) is 49.7 Å². The zero-order chi connectivity index (χ0) is 13.5. The number of rotatable bonds is 2. The number of nitrogens with zero attached hydrogens (tertiary/aromatic N) is 1. The highest BCUT2D eigenvalue weighted by Crippen LogP contribution is 2.46. The summed E-state index contributed by atoms with van der Waals surface area (Å²) in [6, 6.07) is 12.8. The Bertz CT molecular complexity index is 607. The molecule has 1 N–H and O–H groups in total. The van der Waals surface area contributed by atoms with Gasteiger partial charge in [-0.25, -0.2) is 4.98 Å². The number of benzene rings is 1. The average Bonchev–Trinajstić information content (AvgIpc) is 2.61. The summed E-state index contributed by atoms with van der Waals surface area (Å²) in [5.74, 6) is 0. The topological polar surface area (TPSA) is 24.9 Å². The lowest BCUT2D eigenvalue weighted by molar-refractivity contribution is 0.337. The van der Waals surface area contributed by atoms with E-state index in [1.807, 2.05) is 12.1 Å². The van der Waals surface area contributed by atoms with Crippen LogP contribution in [0.1, 0.15) is 31.0 Å². The minimum atomic E-state index is 0.194. The fourth-order valence-electron chi connectivity index (χ4n) is 2.92. The predicted octanol–water partition coefficient (Wildman–Crippen LogP) is 4.47. The van der Waals surface area contributed by atoms with Crippen molar-refractivity contribution in [3.05, 3.63) is 58.9 Å². The van der Waals surface area contributed by atoms with E-state index < -0.39 is 0 Å². The van der Waals surface area contributed by atoms with Gasteiger partial charge in [0, 0.05) is 11.9 Å². The first kappa shape index (κ1) is 12.5. The molecule has 1 aromatic carbocycles. The van der Waals surface area contributed by atoms with E-state index in [1.54, 1.807) is 6.20 Å². The summed E-state index contributed by atoms with van der Waals surface area (Å²) >= 11 is 5.95. The van der Waals surface area contributed by atoms with E-state index in [1.165, 1.54) is 11.1 Å². The Morgan fingerprint density at radius 1 is 1.26 bits per heavy atom. The SMILES string of the molecule is CC1(C)Cc2ccccc2C1Nc1ccnc(Cl)c1. The standard InChI is InChI=1S/C16H17ClN2/c1-16(2)10-11-5-3-4-6-13(11)15(16)19-12-7-8-18-14(17)9-12/h3-9,15H,10H2,1-2H3,(H,18,19). The molecule has 0 aliphatic heterocycles. The van der Waals surface area contributed by atoms with Crippen LogP contribution in [0, 0.1) is 5.41 Å². The molecular weight excluding hydrogens is 256 g/mol. The molecule has 3 heteroatoms. The largest absolute Gasteiger partial charge is 0.378 e. The summed E-state index contributed by atoms with van der Waals surface area (Å²) in [6.07, 6.45) is 2.83. The summed E-state index contributed by atoms with van der Waals surface area (Å²) in [4.78, 5) is 4.02. The highest BCUT2D eigenvalue weighted by atomic mass is 35.5. The van der Waals surface area contributed by atoms with Gasteiger partial charge in [0.05, 0.1) is 6.04 Å². The van der Waals surface area contributed by atoms with Crippen molar-refractivity contribution in [3.8, 4) is 0 Å². The van der Waals surface area contributed by atoms with E-state index in [9.17, 15) is 0 Å². The molecule has 0 spiro atoms. The molecule has 1 heterocycles. The molecular formula is C16H17ClN2. The maximum Gasteiger partial charge on any atom is 0.131 e. The van der Waals surface area contributed by atoms with Gasteiger partial charge >= 0.3 is 0 Å². The molecule has 1 aliphatic carbocycles. The normalized spacial score (nSPS) is 20.1. The zero-order valence-electron chi connectivity index (χ0n) is 11.2. The summed E-state index contributed by atoms with van der Waals surface area (Å²) < 4.78 is 0. The Hall–Kier alpha value is -1.54. The van der Waals surface area contributed by atoms with Crippen molar-refractivity contribution in [2.45, 2.75) is 26.3 Å². The van der Waals surface area contributed by atoms with Crippen molar-refractivity contribution in [2.75, 3.05) is 5.32 Å². The Balaban J connectivity index is 1.95. The van der Waals surface area contributed by atoms with Gasteiger partial charge in [0.15, 0.2) is 0 Å². The third kappa shape index (κ3) is 2.33. The Labute approximate surface area is 118 Å². The lowest BCUT2D eigenvalue weighted by Crippen LogP contribution is -2.24. The van der Waals surface area contributed by atoms with Crippen LogP contribution >= 0.6 is 11.6 Å². The molecule has 0 amide bonds. The second-order valence-corrected chi connectivity index (χ2v) is 6.20. The molecule has 0 saturated heterocycles. The van der Waals surface area contributed by atoms with E-state index in [-0.39, 0.29) is 5.41 Å². The highest BCUT2D eigenvalue weighted by molar-refractivity contribution is 6.29. The molecule has 1 unspecified atom stereocenters. The number of fused-ring (bicyclic) bond motifs is 1. The van der Waals surface area contributed by atoms with Crippen molar-refractivity contribution in [3.63, 3.8) is 0 Å². The smallest absolute Gasteiger partial charge is 0.131 e. The van der Waals surface area contributed by atoms with Crippen molar-refractivity contribution in [1.29, 1.82) is 0 Å². The summed E-state index contributed by atoms with van der Waals surface area (Å²) in [5, 5.41) is 4.13. The molecule has 3 rings (SSSR count). The third-order valence-corrected chi connectivity index (χ3v) is 4.04. The average molecular weight is 273 g/mol. The van der Waals surface area contributed by atoms with Gasteiger partial charge in [0.2, 0.25) is 0 Å². The molecule has 0 saturated carbocycles. The van der Waals surface area contributed by atoms with Crippen LogP contribution in [-0.2, 0) is 6.42 Å². The van der Waals surface area contributed by atoms with E-state index in [4.69, 9.17) is 11.6 Å². The van der Waals surface area contributed by atoms with E-state index in [0.29, 0.717) is 11.2 Å². The van der Waals surface area contributed by atoms with Crippen LogP contribution < -0.4 is 5.32 Å². The number of pyridine rings is 1. The molecule has 2 aromatic rings. The van der Waals surface area contributed by atoms with Crippen LogP contribution in [0.2, 0.25) is 5.15 Å². The Kier molecular flexibility index (Phi) is 2.98. The van der Waals surface area contributed by atoms with Crippen LogP contribution in [0.25, 0.3) is 0 Å². The molecule has 19 heavy (non-hydrogen) atoms. The van der Waals surface area contributed by atoms with Gasteiger partial charge in [-0.3, -0.25) is 0 Å². The monoisotopic (exact) mass is 272 g/mol. The number of hydrogen-bond acceptors (Lipinski definition) is 2. The minimum absolute atomic E-state index is 0.194. The van der Waals surface area contributed by atoms with E-state index in [2.05, 4.69) is 48.4 Å². The molecule has 0 fully saturated rings. The summed E-state index contributed by atoms with van der Waals surface area (Å²) in [7, 11) is 0. The molecule has 1 aliphatic rings. The fraction of sp³-hybridized carbons (Fsp3) is 0.312. The van der Waals surface area contributed by atoms with Gasteiger partial charge < -0.3 is 5.32 Å². The van der Waals surface area contributed by atoms with Gasteiger partial charge in [0.25, 0.3) is 0 Å². The van der Waals surface area contributed by atoms with Crippen LogP contribution in [0.4, 0.5) is 5.69 Å². The molecule has 0 bridgehead atoms. The molecule has 0 radical (unpaired) electrons. The molecule has 98 valence electrons. The van der Waals surface area contributed by atoms with Crippen molar-refractivity contribution in [2.24, 2.45) is 5.41 Å². The number of nitrogens with one attached hydrogen (secondary N) is 1. The number of hydrogen-bond donors (Lipinski definition) is 1. The van der Waals surface area contributed by atoms with Crippen LogP contribution in [0.3, 0.4) is 0 Å². The van der Waals surface area contributed by atoms with Crippen molar-refractivity contribution < 1.29 is 0 Å². The minimum Gasteiger partial charge on any atom is -0.378 e. The fourth-order valence-corrected chi connectivity index (χ4v) is 3.10. The highest BCUT2D eigenvalue weighted by Gasteiger charge is 2.38. The lowest BCUT2D eigenvalue weighted by atomic mass is 9.85. The summed E-state index contributed by atoms with van der Waals surface area (Å²) in [5.41, 5.74) is 4.04. The Morgan fingerprint density at radius 2 is 2.05 bits per heavy atom. The maximum atomic E-state index is 5.95. The second-order valence-electron chi connectivity index (χ2n) is 5.81. The molecule has 1 aromatic heterocycles. The van der Waals surface area contributed by atoms with Crippen LogP contribution in [-0.4, -0.2) is 4.98 Å². The van der Waals surface area contributed by atoms with Crippen LogP contribution in [0.5, 0.6) is 0 Å². The van der Waals surface area contributed by atoms with E-state index in [0.717, 1.165) is 12.1 Å². The van der Waals surface area contributed by atoms with Crippen molar-refractivity contribution in [1.82, 2.24) is 4.98 Å². The first-order valence-electron chi connectivity index (χ1n) is 6.52. The third-order valence-electron chi connectivity index (χ3n) is 3.83. The zero-order valence-corrected chi connectivity index (χ0v) is 11.9. The molecule has 2 nitrogen and oxygen atoms in total. The van der Waals surface area contributed by atoms with Gasteiger partial charge in [-0.15, -0.1) is 0 Å². The predicted molar refractivity (Wildman–Crippen MR) is 79.5 cm³/mol. The van der Waals surface area contributed by atoms with Gasteiger partial charge in [0.1, 0.15) is 5.15 Å². The maximum absolute atomic E-state index is 5.95. The van der Waals surface area contributed by atoms with E-state index >= 15 is 0 Å². The van der Waals surface area contributed by atoms with Crippen molar-refractivity contribution >= 4 is 17.3 Å². The van der Waals surface area contributed by atoms with Crippen LogP contribution in [0.15, 0.2) is 42.6 Å². The van der Waals surface area contributed by atoms with Gasteiger partial charge in [-0.2, -0.15) is 0 Å². The summed E-state index contributed by atoms with van der Waals surface area (Å²) in [6.45, 7) is 4.60. The number of anilines is 1. The first-order chi connectivity index (χ1) is 9.06. The van der Waals surface area contributed by atoms with Gasteiger partial charge in [-0.05, 0) is 35.1 Å². The lowest BCUT2D eigenvalue weighted by Gasteiger charge is -2.29. The molecule has 1 atom stereocenters. The number of aromatic nitrogens is 1. The quantitative estimate of drug-likeness (QED) is 0.816.